The Balaban J connectivity index is 1.70. The van der Waals surface area contributed by atoms with Gasteiger partial charge in [0.2, 0.25) is 0 Å². The van der Waals surface area contributed by atoms with Crippen LogP contribution in [0.4, 0.5) is 0 Å². The Morgan fingerprint density at radius 1 is 1.46 bits per heavy atom. The maximum Gasteiger partial charge on any atom is 0.274 e. The van der Waals surface area contributed by atoms with Gasteiger partial charge in [0.25, 0.3) is 5.91 Å². The quantitative estimate of drug-likeness (QED) is 0.912. The first-order chi connectivity index (χ1) is 11.6. The number of carbonyl (C=O) groups excluding carboxylic acids is 1. The van der Waals surface area contributed by atoms with Crippen LogP contribution in [0.25, 0.3) is 0 Å². The minimum atomic E-state index is -0.753. The van der Waals surface area contributed by atoms with E-state index in [0.717, 1.165) is 19.3 Å². The van der Waals surface area contributed by atoms with Crippen molar-refractivity contribution >= 4 is 5.91 Å². The van der Waals surface area contributed by atoms with E-state index in [-0.39, 0.29) is 18.1 Å². The van der Waals surface area contributed by atoms with Crippen molar-refractivity contribution in [3.63, 3.8) is 0 Å². The summed E-state index contributed by atoms with van der Waals surface area (Å²) >= 11 is 0. The van der Waals surface area contributed by atoms with E-state index in [1.165, 1.54) is 0 Å². The second-order valence-electron chi connectivity index (χ2n) is 6.17. The van der Waals surface area contributed by atoms with E-state index < -0.39 is 6.10 Å². The number of rotatable bonds is 4. The molecule has 0 unspecified atom stereocenters. The molecule has 3 rings (SSSR count). The van der Waals surface area contributed by atoms with E-state index >= 15 is 0 Å². The molecule has 7 heteroatoms. The van der Waals surface area contributed by atoms with Crippen LogP contribution in [-0.2, 0) is 7.05 Å². The molecule has 2 aromatic heterocycles. The predicted molar refractivity (Wildman–Crippen MR) is 87.6 cm³/mol. The van der Waals surface area contributed by atoms with Gasteiger partial charge in [0, 0.05) is 26.5 Å². The highest BCUT2D eigenvalue weighted by Gasteiger charge is 2.37. The van der Waals surface area contributed by atoms with Crippen LogP contribution in [0.5, 0.6) is 5.75 Å². The molecule has 7 nitrogen and oxygen atoms in total. The largest absolute Gasteiger partial charge is 0.486 e. The van der Waals surface area contributed by atoms with Crippen LogP contribution in [0.15, 0.2) is 37.1 Å². The molecule has 128 valence electrons. The summed E-state index contributed by atoms with van der Waals surface area (Å²) in [4.78, 5) is 22.2. The zero-order chi connectivity index (χ0) is 17.1. The lowest BCUT2D eigenvalue weighted by Gasteiger charge is -2.39. The van der Waals surface area contributed by atoms with Gasteiger partial charge in [0.05, 0.1) is 18.6 Å². The third-order valence-corrected chi connectivity index (χ3v) is 4.43. The zero-order valence-electron chi connectivity index (χ0n) is 13.9. The first-order valence-corrected chi connectivity index (χ1v) is 8.06. The SMILES string of the molecule is CN(C(=O)c1cn(C)cn1)[C@@H]1CCC[C@@H](Oc2cccnc2)[C@@H]1O. The molecule has 0 bridgehead atoms. The van der Waals surface area contributed by atoms with Crippen molar-refractivity contribution in [3.05, 3.63) is 42.7 Å². The van der Waals surface area contributed by atoms with Crippen LogP contribution < -0.4 is 4.74 Å². The molecule has 0 saturated heterocycles. The van der Waals surface area contributed by atoms with Gasteiger partial charge in [-0.05, 0) is 31.4 Å². The highest BCUT2D eigenvalue weighted by Crippen LogP contribution is 2.27. The number of hydrogen-bond acceptors (Lipinski definition) is 5. The van der Waals surface area contributed by atoms with Gasteiger partial charge in [0.15, 0.2) is 0 Å². The molecule has 1 fully saturated rings. The Kier molecular flexibility index (Phi) is 4.80. The summed E-state index contributed by atoms with van der Waals surface area (Å²) in [7, 11) is 3.52. The van der Waals surface area contributed by atoms with Crippen molar-refractivity contribution in [1.82, 2.24) is 19.4 Å². The van der Waals surface area contributed by atoms with E-state index in [1.54, 1.807) is 47.5 Å². The average molecular weight is 330 g/mol. The van der Waals surface area contributed by atoms with E-state index in [2.05, 4.69) is 9.97 Å². The molecule has 3 atom stereocenters. The molecule has 0 radical (unpaired) electrons. The molecule has 2 heterocycles. The minimum Gasteiger partial charge on any atom is -0.486 e. The Morgan fingerprint density at radius 3 is 2.96 bits per heavy atom. The number of pyridine rings is 1. The number of aromatic nitrogens is 3. The summed E-state index contributed by atoms with van der Waals surface area (Å²) in [6, 6.07) is 3.31. The Bertz CT molecular complexity index is 688. The van der Waals surface area contributed by atoms with Gasteiger partial charge in [-0.15, -0.1) is 0 Å². The number of likely N-dealkylation sites (N-methyl/N-ethyl adjacent to an activating group) is 1. The summed E-state index contributed by atoms with van der Waals surface area (Å²) < 4.78 is 7.60. The van der Waals surface area contributed by atoms with E-state index in [9.17, 15) is 9.90 Å². The lowest BCUT2D eigenvalue weighted by molar-refractivity contribution is -0.0415. The van der Waals surface area contributed by atoms with E-state index in [4.69, 9.17) is 4.74 Å². The molecule has 0 spiro atoms. The van der Waals surface area contributed by atoms with Gasteiger partial charge in [-0.1, -0.05) is 0 Å². The molecule has 0 aliphatic heterocycles. The minimum absolute atomic E-state index is 0.193. The standard InChI is InChI=1S/C17H22N4O3/c1-20-10-13(19-11-20)17(23)21(2)14-6-3-7-15(16(14)22)24-12-5-4-8-18-9-12/h4-5,8-11,14-16,22H,3,6-7H2,1-2H3/t14-,15-,16-/m1/s1. The van der Waals surface area contributed by atoms with Gasteiger partial charge in [-0.25, -0.2) is 4.98 Å². The smallest absolute Gasteiger partial charge is 0.274 e. The first kappa shape index (κ1) is 16.4. The number of nitrogens with zero attached hydrogens (tertiary/aromatic N) is 4. The summed E-state index contributed by atoms with van der Waals surface area (Å²) in [5, 5.41) is 10.7. The van der Waals surface area contributed by atoms with Crippen molar-refractivity contribution < 1.29 is 14.6 Å². The molecule has 1 N–H and O–H groups in total. The number of aliphatic hydroxyl groups excluding tert-OH is 1. The molecular weight excluding hydrogens is 308 g/mol. The van der Waals surface area contributed by atoms with Crippen molar-refractivity contribution in [2.75, 3.05) is 7.05 Å². The third kappa shape index (κ3) is 3.41. The molecular formula is C17H22N4O3. The van der Waals surface area contributed by atoms with Crippen LogP contribution in [0, 0.1) is 0 Å². The summed E-state index contributed by atoms with van der Waals surface area (Å²) in [6.07, 6.45) is 7.83. The molecule has 24 heavy (non-hydrogen) atoms. The van der Waals surface area contributed by atoms with Gasteiger partial charge in [0.1, 0.15) is 23.7 Å². The maximum absolute atomic E-state index is 12.6. The number of amides is 1. The van der Waals surface area contributed by atoms with Crippen LogP contribution in [0.3, 0.4) is 0 Å². The number of aryl methyl sites for hydroxylation is 1. The number of hydrogen-bond donors (Lipinski definition) is 1. The number of carbonyl (C=O) groups is 1. The van der Waals surface area contributed by atoms with E-state index in [0.29, 0.717) is 11.4 Å². The number of ether oxygens (including phenoxy) is 1. The monoisotopic (exact) mass is 330 g/mol. The zero-order valence-corrected chi connectivity index (χ0v) is 13.9. The molecule has 1 amide bonds. The third-order valence-electron chi connectivity index (χ3n) is 4.43. The number of aliphatic hydroxyl groups is 1. The van der Waals surface area contributed by atoms with Gasteiger partial charge in [-0.2, -0.15) is 0 Å². The predicted octanol–water partition coefficient (Wildman–Crippen LogP) is 1.25. The second-order valence-corrected chi connectivity index (χ2v) is 6.17. The van der Waals surface area contributed by atoms with Crippen LogP contribution in [0.1, 0.15) is 29.8 Å². The van der Waals surface area contributed by atoms with Crippen LogP contribution in [0.2, 0.25) is 0 Å². The fraction of sp³-hybridized carbons (Fsp3) is 0.471. The fourth-order valence-electron chi connectivity index (χ4n) is 3.12. The molecule has 1 aliphatic rings. The molecule has 0 aromatic carbocycles. The maximum atomic E-state index is 12.6. The van der Waals surface area contributed by atoms with Gasteiger partial charge in [-0.3, -0.25) is 9.78 Å². The molecule has 1 saturated carbocycles. The van der Waals surface area contributed by atoms with E-state index in [1.807, 2.05) is 13.1 Å². The summed E-state index contributed by atoms with van der Waals surface area (Å²) in [6.45, 7) is 0. The lowest BCUT2D eigenvalue weighted by atomic mass is 9.89. The van der Waals surface area contributed by atoms with Crippen molar-refractivity contribution in [1.29, 1.82) is 0 Å². The van der Waals surface area contributed by atoms with Crippen LogP contribution in [-0.4, -0.2) is 55.7 Å². The van der Waals surface area contributed by atoms with Crippen molar-refractivity contribution in [2.45, 2.75) is 37.5 Å². The normalized spacial score (nSPS) is 23.7. The second kappa shape index (κ2) is 7.00. The summed E-state index contributed by atoms with van der Waals surface area (Å²) in [5.41, 5.74) is 0.377. The Morgan fingerprint density at radius 2 is 2.29 bits per heavy atom. The topological polar surface area (TPSA) is 80.5 Å². The number of imidazole rings is 1. The lowest BCUT2D eigenvalue weighted by Crippen LogP contribution is -2.53. The van der Waals surface area contributed by atoms with Gasteiger partial charge >= 0.3 is 0 Å². The highest BCUT2D eigenvalue weighted by molar-refractivity contribution is 5.92. The molecule has 2 aromatic rings. The summed E-state index contributed by atoms with van der Waals surface area (Å²) in [5.74, 6) is 0.433. The van der Waals surface area contributed by atoms with Gasteiger partial charge < -0.3 is 19.3 Å². The Hall–Kier alpha value is -2.41. The van der Waals surface area contributed by atoms with Crippen LogP contribution >= 0.6 is 0 Å². The highest BCUT2D eigenvalue weighted by atomic mass is 16.5. The average Bonchev–Trinajstić information content (AvgIpc) is 3.03. The van der Waals surface area contributed by atoms with Crippen molar-refractivity contribution in [2.24, 2.45) is 7.05 Å². The first-order valence-electron chi connectivity index (χ1n) is 8.06. The Labute approximate surface area is 140 Å². The fourth-order valence-corrected chi connectivity index (χ4v) is 3.12. The molecule has 1 aliphatic carbocycles. The van der Waals surface area contributed by atoms with Crippen molar-refractivity contribution in [3.8, 4) is 5.75 Å².